The molecule has 1 saturated carbocycles. The molecular weight excluding hydrogens is 517 g/mol. The van der Waals surface area contributed by atoms with Crippen LogP contribution in [-0.4, -0.2) is 73.8 Å². The summed E-state index contributed by atoms with van der Waals surface area (Å²) in [7, 11) is 0. The number of ether oxygens (including phenoxy) is 1. The molecule has 206 valence electrons. The zero-order chi connectivity index (χ0) is 28.1. The van der Waals surface area contributed by atoms with E-state index in [9.17, 15) is 27.6 Å². The second kappa shape index (κ2) is 9.70. The molecule has 13 heteroatoms. The number of rotatable bonds is 8. The summed E-state index contributed by atoms with van der Waals surface area (Å²) >= 11 is 0. The Morgan fingerprint density at radius 3 is 2.54 bits per heavy atom. The number of halogens is 3. The zero-order valence-electron chi connectivity index (χ0n) is 21.6. The van der Waals surface area contributed by atoms with E-state index in [1.165, 1.54) is 16.5 Å². The van der Waals surface area contributed by atoms with E-state index in [2.05, 4.69) is 25.1 Å². The molecule has 2 aromatic heterocycles. The number of alkyl halides is 3. The van der Waals surface area contributed by atoms with Crippen molar-refractivity contribution in [3.05, 3.63) is 42.1 Å². The molecule has 1 saturated heterocycles. The highest BCUT2D eigenvalue weighted by atomic mass is 19.4. The van der Waals surface area contributed by atoms with Crippen LogP contribution in [0.25, 0.3) is 22.0 Å². The smallest absolute Gasteiger partial charge is 0.352 e. The van der Waals surface area contributed by atoms with Gasteiger partial charge in [-0.25, -0.2) is 9.97 Å². The third-order valence-electron chi connectivity index (χ3n) is 7.38. The Morgan fingerprint density at radius 2 is 1.87 bits per heavy atom. The van der Waals surface area contributed by atoms with Crippen LogP contribution < -0.4 is 5.32 Å². The van der Waals surface area contributed by atoms with Gasteiger partial charge in [-0.2, -0.15) is 5.10 Å². The molecule has 39 heavy (non-hydrogen) atoms. The number of likely N-dealkylation sites (tertiary alicyclic amines) is 1. The first-order valence-electron chi connectivity index (χ1n) is 12.5. The number of aryl methyl sites for hydroxylation is 1. The van der Waals surface area contributed by atoms with Crippen LogP contribution in [0.3, 0.4) is 0 Å². The molecule has 2 fully saturated rings. The third kappa shape index (κ3) is 5.35. The molecule has 3 aromatic rings. The van der Waals surface area contributed by atoms with E-state index >= 15 is 0 Å². The number of ketones is 1. The largest absolute Gasteiger partial charge is 0.522 e. The first kappa shape index (κ1) is 26.7. The number of carbonyl (C=O) groups excluding carboxylic acids is 3. The number of amides is 2. The topological polar surface area (TPSA) is 119 Å². The Morgan fingerprint density at radius 1 is 1.15 bits per heavy atom. The second-order valence-electron chi connectivity index (χ2n) is 10.3. The lowest BCUT2D eigenvalue weighted by Gasteiger charge is -2.27. The number of hydrogen-bond donors (Lipinski definition) is 1. The number of carbonyl (C=O) groups is 3. The number of Topliss-reactive ketones (excluding diaryl/α,β-unsaturated/α-hetero) is 1. The molecule has 1 aliphatic carbocycles. The maximum absolute atomic E-state index is 13.5. The van der Waals surface area contributed by atoms with Crippen molar-refractivity contribution in [2.45, 2.75) is 58.6 Å². The van der Waals surface area contributed by atoms with E-state index in [0.29, 0.717) is 23.1 Å². The fourth-order valence-corrected chi connectivity index (χ4v) is 5.31. The van der Waals surface area contributed by atoms with E-state index in [0.717, 1.165) is 17.5 Å². The Bertz CT molecular complexity index is 1450. The Balaban J connectivity index is 1.36. The van der Waals surface area contributed by atoms with Crippen molar-refractivity contribution < 1.29 is 32.3 Å². The minimum atomic E-state index is -4.78. The van der Waals surface area contributed by atoms with Crippen LogP contribution in [0.4, 0.5) is 13.2 Å². The summed E-state index contributed by atoms with van der Waals surface area (Å²) in [6.45, 7) is 3.89. The van der Waals surface area contributed by atoms with Crippen LogP contribution in [0, 0.1) is 12.3 Å². The number of hydrogen-bond acceptors (Lipinski definition) is 7. The summed E-state index contributed by atoms with van der Waals surface area (Å²) in [4.78, 5) is 48.7. The minimum absolute atomic E-state index is 0.144. The molecule has 0 unspecified atom stereocenters. The van der Waals surface area contributed by atoms with E-state index < -0.39 is 24.9 Å². The SMILES string of the molecule is CC(=O)c1nn(CC(=O)N2[C@H](C(=O)NCCOC(F)(F)F)C[C@@]3(C)C[C@@H]23)c2ccc(-c3cnc(C)nc3)cc12. The second-order valence-corrected chi connectivity index (χ2v) is 10.3. The van der Waals surface area contributed by atoms with Crippen molar-refractivity contribution in [3.63, 3.8) is 0 Å². The number of nitrogens with zero attached hydrogens (tertiary/aromatic N) is 5. The number of fused-ring (bicyclic) bond motifs is 2. The van der Waals surface area contributed by atoms with E-state index in [-0.39, 0.29) is 41.9 Å². The van der Waals surface area contributed by atoms with Crippen LogP contribution in [0.2, 0.25) is 0 Å². The quantitative estimate of drug-likeness (QED) is 0.342. The van der Waals surface area contributed by atoms with Crippen LogP contribution in [0.5, 0.6) is 0 Å². The van der Waals surface area contributed by atoms with Gasteiger partial charge in [0.25, 0.3) is 0 Å². The van der Waals surface area contributed by atoms with Crippen molar-refractivity contribution in [1.29, 1.82) is 0 Å². The highest BCUT2D eigenvalue weighted by molar-refractivity contribution is 6.06. The van der Waals surface area contributed by atoms with Crippen molar-refractivity contribution in [3.8, 4) is 11.1 Å². The number of aromatic nitrogens is 4. The van der Waals surface area contributed by atoms with Gasteiger partial charge < -0.3 is 10.2 Å². The molecule has 1 aromatic carbocycles. The molecule has 0 radical (unpaired) electrons. The monoisotopic (exact) mass is 544 g/mol. The van der Waals surface area contributed by atoms with Crippen molar-refractivity contribution in [2.75, 3.05) is 13.2 Å². The molecule has 3 heterocycles. The summed E-state index contributed by atoms with van der Waals surface area (Å²) in [6, 6.07) is 4.45. The molecule has 1 aliphatic heterocycles. The molecule has 0 bridgehead atoms. The lowest BCUT2D eigenvalue weighted by Crippen LogP contribution is -2.49. The molecule has 2 aliphatic rings. The highest BCUT2D eigenvalue weighted by Gasteiger charge is 2.64. The Hall–Kier alpha value is -3.87. The molecule has 0 spiro atoms. The predicted molar refractivity (Wildman–Crippen MR) is 132 cm³/mol. The van der Waals surface area contributed by atoms with Crippen LogP contribution >= 0.6 is 0 Å². The van der Waals surface area contributed by atoms with Crippen LogP contribution in [0.1, 0.15) is 43.0 Å². The summed E-state index contributed by atoms with van der Waals surface area (Å²) in [5.41, 5.74) is 2.12. The average Bonchev–Trinajstić information content (AvgIpc) is 3.23. The van der Waals surface area contributed by atoms with Gasteiger partial charge in [0.05, 0.1) is 12.1 Å². The van der Waals surface area contributed by atoms with Gasteiger partial charge in [-0.05, 0) is 42.9 Å². The molecule has 10 nitrogen and oxygen atoms in total. The molecular formula is C26H27F3N6O4. The highest BCUT2D eigenvalue weighted by Crippen LogP contribution is 2.59. The van der Waals surface area contributed by atoms with Gasteiger partial charge in [-0.1, -0.05) is 13.0 Å². The van der Waals surface area contributed by atoms with Gasteiger partial charge in [0.2, 0.25) is 11.8 Å². The van der Waals surface area contributed by atoms with Gasteiger partial charge in [-0.3, -0.25) is 23.8 Å². The number of piperidine rings is 1. The summed E-state index contributed by atoms with van der Waals surface area (Å²) in [5.74, 6) is -0.519. The maximum Gasteiger partial charge on any atom is 0.522 e. The summed E-state index contributed by atoms with van der Waals surface area (Å²) < 4.78 is 41.8. The van der Waals surface area contributed by atoms with Gasteiger partial charge >= 0.3 is 6.36 Å². The number of benzene rings is 1. The first-order chi connectivity index (χ1) is 18.4. The van der Waals surface area contributed by atoms with Crippen molar-refractivity contribution in [1.82, 2.24) is 30.0 Å². The molecule has 5 rings (SSSR count). The van der Waals surface area contributed by atoms with Crippen LogP contribution in [-0.2, 0) is 20.9 Å². The van der Waals surface area contributed by atoms with Crippen molar-refractivity contribution in [2.24, 2.45) is 5.41 Å². The zero-order valence-corrected chi connectivity index (χ0v) is 21.6. The Kier molecular flexibility index (Phi) is 6.65. The Labute approximate surface area is 221 Å². The van der Waals surface area contributed by atoms with Gasteiger partial charge in [0.15, 0.2) is 5.78 Å². The van der Waals surface area contributed by atoms with Gasteiger partial charge in [-0.15, -0.1) is 13.2 Å². The molecule has 2 amide bonds. The number of nitrogens with one attached hydrogen (secondary N) is 1. The standard InChI is InChI=1S/C26H27F3N6O4/c1-14(36)23-18-8-16(17-11-31-15(2)32-12-17)4-5-19(18)34(33-23)13-22(37)35-20(9-25(3)10-21(25)35)24(38)30-6-7-39-26(27,28)29/h4-5,8,11-12,20-21H,6-7,9-10,13H2,1-3H3,(H,30,38)/t20-,21+,25-/m0/s1. The normalized spacial score (nSPS) is 22.2. The maximum atomic E-state index is 13.5. The van der Waals surface area contributed by atoms with E-state index in [1.54, 1.807) is 31.5 Å². The van der Waals surface area contributed by atoms with Crippen LogP contribution in [0.15, 0.2) is 30.6 Å². The van der Waals surface area contributed by atoms with E-state index in [1.807, 2.05) is 13.0 Å². The van der Waals surface area contributed by atoms with Gasteiger partial charge in [0.1, 0.15) is 24.1 Å². The fourth-order valence-electron chi connectivity index (χ4n) is 5.31. The van der Waals surface area contributed by atoms with Crippen molar-refractivity contribution >= 4 is 28.5 Å². The first-order valence-corrected chi connectivity index (χ1v) is 12.5. The summed E-state index contributed by atoms with van der Waals surface area (Å²) in [6.07, 6.45) is -0.262. The van der Waals surface area contributed by atoms with E-state index in [4.69, 9.17) is 0 Å². The lowest BCUT2D eigenvalue weighted by molar-refractivity contribution is -0.323. The summed E-state index contributed by atoms with van der Waals surface area (Å²) in [5, 5.41) is 7.44. The fraction of sp³-hybridized carbons (Fsp3) is 0.462. The minimum Gasteiger partial charge on any atom is -0.352 e. The molecule has 1 N–H and O–H groups in total. The third-order valence-corrected chi connectivity index (χ3v) is 7.38. The predicted octanol–water partition coefficient (Wildman–Crippen LogP) is 3.04. The van der Waals surface area contributed by atoms with Gasteiger partial charge in [0, 0.05) is 42.9 Å². The molecule has 3 atom stereocenters. The average molecular weight is 545 g/mol. The lowest BCUT2D eigenvalue weighted by atomic mass is 10.0.